The van der Waals surface area contributed by atoms with Crippen molar-refractivity contribution in [1.29, 1.82) is 5.26 Å². The molecule has 7 heteroatoms. The van der Waals surface area contributed by atoms with Gasteiger partial charge in [0, 0.05) is 18.3 Å². The van der Waals surface area contributed by atoms with Gasteiger partial charge in [0.15, 0.2) is 5.82 Å². The van der Waals surface area contributed by atoms with E-state index in [1.54, 1.807) is 6.20 Å². The fourth-order valence-corrected chi connectivity index (χ4v) is 5.36. The van der Waals surface area contributed by atoms with Gasteiger partial charge in [-0.2, -0.15) is 10.2 Å². The maximum absolute atomic E-state index is 9.50. The molecule has 2 atom stereocenters. The highest BCUT2D eigenvalue weighted by Gasteiger charge is 2.32. The van der Waals surface area contributed by atoms with Gasteiger partial charge in [0.2, 0.25) is 5.95 Å². The van der Waals surface area contributed by atoms with Gasteiger partial charge in [-0.3, -0.25) is 0 Å². The van der Waals surface area contributed by atoms with Crippen molar-refractivity contribution in [3.63, 3.8) is 0 Å². The van der Waals surface area contributed by atoms with E-state index in [1.807, 2.05) is 18.2 Å². The van der Waals surface area contributed by atoms with Gasteiger partial charge >= 0.3 is 0 Å². The zero-order valence-electron chi connectivity index (χ0n) is 17.8. The van der Waals surface area contributed by atoms with E-state index in [2.05, 4.69) is 31.6 Å². The number of anilines is 3. The number of fused-ring (bicyclic) bond motifs is 1. The number of aromatic nitrogens is 2. The highest BCUT2D eigenvalue weighted by molar-refractivity contribution is 6.32. The first-order chi connectivity index (χ1) is 15.2. The van der Waals surface area contributed by atoms with Gasteiger partial charge in [0.25, 0.3) is 0 Å². The molecule has 1 aliphatic carbocycles. The highest BCUT2D eigenvalue weighted by atomic mass is 35.5. The lowest BCUT2D eigenvalue weighted by Gasteiger charge is -2.44. The van der Waals surface area contributed by atoms with Gasteiger partial charge in [-0.1, -0.05) is 24.1 Å². The maximum Gasteiger partial charge on any atom is 0.229 e. The van der Waals surface area contributed by atoms with Crippen LogP contribution < -0.4 is 10.6 Å². The Morgan fingerprint density at radius 2 is 2.00 bits per heavy atom. The normalized spacial score (nSPS) is 23.6. The van der Waals surface area contributed by atoms with Crippen LogP contribution in [0.1, 0.15) is 62.0 Å². The Hall–Kier alpha value is -2.36. The topological polar surface area (TPSA) is 76.9 Å². The molecule has 31 heavy (non-hydrogen) atoms. The Bertz CT molecular complexity index is 981. The molecule has 2 aliphatic heterocycles. The van der Waals surface area contributed by atoms with Crippen LogP contribution in [0.5, 0.6) is 0 Å². The summed E-state index contributed by atoms with van der Waals surface area (Å²) >= 11 is 6.40. The van der Waals surface area contributed by atoms with Crippen molar-refractivity contribution in [3.8, 4) is 6.07 Å². The van der Waals surface area contributed by atoms with Crippen molar-refractivity contribution < 1.29 is 0 Å². The molecule has 3 aliphatic rings. The van der Waals surface area contributed by atoms with Crippen molar-refractivity contribution in [1.82, 2.24) is 14.9 Å². The fraction of sp³-hybridized carbons (Fsp3) is 0.542. The predicted molar refractivity (Wildman–Crippen MR) is 124 cm³/mol. The molecule has 6 nitrogen and oxygen atoms in total. The molecular formula is C24H29ClN6. The van der Waals surface area contributed by atoms with Gasteiger partial charge in [-0.05, 0) is 81.1 Å². The summed E-state index contributed by atoms with van der Waals surface area (Å²) in [5.74, 6) is 2.33. The summed E-state index contributed by atoms with van der Waals surface area (Å²) in [5, 5.41) is 16.8. The lowest BCUT2D eigenvalue weighted by atomic mass is 9.83. The molecule has 0 radical (unpaired) electrons. The molecule has 1 saturated carbocycles. The van der Waals surface area contributed by atoms with Gasteiger partial charge in [-0.25, -0.2) is 4.98 Å². The van der Waals surface area contributed by atoms with Crippen molar-refractivity contribution in [3.05, 3.63) is 40.5 Å². The van der Waals surface area contributed by atoms with Crippen LogP contribution in [0.2, 0.25) is 5.02 Å². The lowest BCUT2D eigenvalue weighted by Crippen LogP contribution is -2.49. The third kappa shape index (κ3) is 4.63. The quantitative estimate of drug-likeness (QED) is 0.639. The van der Waals surface area contributed by atoms with E-state index in [0.29, 0.717) is 34.7 Å². The van der Waals surface area contributed by atoms with Crippen LogP contribution in [0.3, 0.4) is 0 Å². The molecular weight excluding hydrogens is 408 g/mol. The number of nitriles is 1. The molecule has 162 valence electrons. The van der Waals surface area contributed by atoms with Crippen LogP contribution in [0, 0.1) is 17.2 Å². The zero-order chi connectivity index (χ0) is 21.2. The highest BCUT2D eigenvalue weighted by Crippen LogP contribution is 2.42. The van der Waals surface area contributed by atoms with Gasteiger partial charge in [-0.15, -0.1) is 0 Å². The predicted octanol–water partition coefficient (Wildman–Crippen LogP) is 5.30. The number of hydrogen-bond donors (Lipinski definition) is 2. The molecule has 1 aromatic carbocycles. The average molecular weight is 437 g/mol. The molecule has 3 fully saturated rings. The van der Waals surface area contributed by atoms with E-state index in [4.69, 9.17) is 11.6 Å². The van der Waals surface area contributed by atoms with Crippen LogP contribution in [-0.2, 0) is 0 Å². The first-order valence-electron chi connectivity index (χ1n) is 11.5. The summed E-state index contributed by atoms with van der Waals surface area (Å²) < 4.78 is 0. The van der Waals surface area contributed by atoms with E-state index in [1.165, 1.54) is 58.0 Å². The third-order valence-corrected chi connectivity index (χ3v) is 7.23. The Labute approximate surface area is 189 Å². The number of halogens is 1. The monoisotopic (exact) mass is 436 g/mol. The molecule has 5 rings (SSSR count). The van der Waals surface area contributed by atoms with Gasteiger partial charge in [0.05, 0.1) is 17.8 Å². The van der Waals surface area contributed by atoms with E-state index >= 15 is 0 Å². The summed E-state index contributed by atoms with van der Waals surface area (Å²) in [6.45, 7) is 3.37. The second-order valence-electron chi connectivity index (χ2n) is 9.09. The summed E-state index contributed by atoms with van der Waals surface area (Å²) in [6.07, 6.45) is 10.5. The molecule has 3 heterocycles. The molecule has 2 aromatic rings. The van der Waals surface area contributed by atoms with Gasteiger partial charge in [0.1, 0.15) is 5.02 Å². The Morgan fingerprint density at radius 1 is 1.13 bits per heavy atom. The van der Waals surface area contributed by atoms with Crippen LogP contribution in [0.4, 0.5) is 17.5 Å². The number of piperidine rings is 2. The van der Waals surface area contributed by atoms with Crippen molar-refractivity contribution in [2.24, 2.45) is 5.92 Å². The minimum Gasteiger partial charge on any atom is -0.368 e. The summed E-state index contributed by atoms with van der Waals surface area (Å²) in [6, 6.07) is 8.94. The third-order valence-electron chi connectivity index (χ3n) is 6.95. The number of rotatable bonds is 6. The Balaban J connectivity index is 1.26. The molecule has 0 spiro atoms. The molecule has 0 amide bonds. The number of nitrogens with zero attached hydrogens (tertiary/aromatic N) is 4. The summed E-state index contributed by atoms with van der Waals surface area (Å²) in [5.41, 5.74) is 2.70. The van der Waals surface area contributed by atoms with Crippen molar-refractivity contribution >= 4 is 29.1 Å². The van der Waals surface area contributed by atoms with Crippen LogP contribution in [0.25, 0.3) is 0 Å². The smallest absolute Gasteiger partial charge is 0.229 e. The number of hydrogen-bond acceptors (Lipinski definition) is 6. The van der Waals surface area contributed by atoms with Crippen LogP contribution in [-0.4, -0.2) is 40.5 Å². The minimum absolute atomic E-state index is 0.484. The largest absolute Gasteiger partial charge is 0.368 e. The fourth-order valence-electron chi connectivity index (χ4n) is 5.20. The zero-order valence-corrected chi connectivity index (χ0v) is 18.5. The molecule has 0 bridgehead atoms. The standard InChI is InChI=1S/C24H29ClN6/c25-21-15-28-24(29-19-8-9-20(16-6-7-16)18(12-19)13-26)30-23(21)27-14-17-4-3-11-31-10-2-1-5-22(17)31/h8-9,12,15-17,22H,1-7,10-11,14H2,(H2,27,28,29,30)/t17?,22-/m1/s1. The molecule has 2 saturated heterocycles. The van der Waals surface area contributed by atoms with Crippen LogP contribution in [0.15, 0.2) is 24.4 Å². The lowest BCUT2D eigenvalue weighted by molar-refractivity contribution is 0.0649. The van der Waals surface area contributed by atoms with Crippen LogP contribution >= 0.6 is 11.6 Å². The van der Waals surface area contributed by atoms with Crippen molar-refractivity contribution in [2.45, 2.75) is 56.9 Å². The SMILES string of the molecule is N#Cc1cc(Nc2ncc(Cl)c(NCC3CCCN4CCCC[C@H]34)n2)ccc1C1CC1. The number of nitrogens with one attached hydrogen (secondary N) is 2. The van der Waals surface area contributed by atoms with E-state index in [9.17, 15) is 5.26 Å². The minimum atomic E-state index is 0.484. The molecule has 1 unspecified atom stereocenters. The van der Waals surface area contributed by atoms with Gasteiger partial charge < -0.3 is 15.5 Å². The molecule has 2 N–H and O–H groups in total. The first-order valence-corrected chi connectivity index (χ1v) is 11.9. The number of benzene rings is 1. The summed E-state index contributed by atoms with van der Waals surface area (Å²) in [7, 11) is 0. The van der Waals surface area contributed by atoms with E-state index in [-0.39, 0.29) is 0 Å². The van der Waals surface area contributed by atoms with E-state index < -0.39 is 0 Å². The maximum atomic E-state index is 9.50. The van der Waals surface area contributed by atoms with E-state index in [0.717, 1.165) is 23.4 Å². The van der Waals surface area contributed by atoms with Crippen molar-refractivity contribution in [2.75, 3.05) is 30.3 Å². The second-order valence-corrected chi connectivity index (χ2v) is 9.49. The Kier molecular flexibility index (Phi) is 5.97. The Morgan fingerprint density at radius 3 is 2.84 bits per heavy atom. The first kappa shape index (κ1) is 20.5. The molecule has 1 aromatic heterocycles. The summed E-state index contributed by atoms with van der Waals surface area (Å²) in [4.78, 5) is 11.6. The average Bonchev–Trinajstić information content (AvgIpc) is 3.64. The second kappa shape index (κ2) is 9.02.